The summed E-state index contributed by atoms with van der Waals surface area (Å²) in [6, 6.07) is 0. The lowest BCUT2D eigenvalue weighted by Crippen LogP contribution is -1.98. The molecule has 23 heavy (non-hydrogen) atoms. The standard InChI is InChI=1S/C19H30O.CO2/c1-3-5-7-9-10-11-12-13-14-16-18-19(20)17-15-8-6-4-2;2-1-3/h5,7-8,10-11,13-16,18-20H,3-4,6,9,12,17H2,1-2H3;/b7-5-,11-10-,14-13-,15-8-,18-16+;/t19-;/m0./s1. The third-order valence-electron chi connectivity index (χ3n) is 2.69. The molecule has 0 aliphatic heterocycles. The molecule has 3 heteroatoms. The first kappa shape index (κ1) is 23.3. The summed E-state index contributed by atoms with van der Waals surface area (Å²) in [7, 11) is 0. The molecule has 0 aromatic rings. The second-order valence-corrected chi connectivity index (χ2v) is 4.78. The zero-order valence-electron chi connectivity index (χ0n) is 14.4. The van der Waals surface area contributed by atoms with Crippen LogP contribution in [0.3, 0.4) is 0 Å². The molecule has 0 rings (SSSR count). The van der Waals surface area contributed by atoms with Crippen molar-refractivity contribution in [1.82, 2.24) is 0 Å². The maximum atomic E-state index is 9.68. The monoisotopic (exact) mass is 318 g/mol. The van der Waals surface area contributed by atoms with E-state index >= 15 is 0 Å². The first-order chi connectivity index (χ1) is 11.2. The molecule has 1 N–H and O–H groups in total. The predicted octanol–water partition coefficient (Wildman–Crippen LogP) is 4.93. The largest absolute Gasteiger partial charge is 0.389 e. The fourth-order valence-electron chi connectivity index (χ4n) is 1.56. The quantitative estimate of drug-likeness (QED) is 0.434. The van der Waals surface area contributed by atoms with Gasteiger partial charge in [0.2, 0.25) is 0 Å². The topological polar surface area (TPSA) is 54.4 Å². The summed E-state index contributed by atoms with van der Waals surface area (Å²) in [5.74, 6) is 0. The SMILES string of the molecule is CC/C=C\C/C=C\C/C=C\C=C\[C@@H](O)C/C=C\CCC.O=C=O. The Kier molecular flexibility index (Phi) is 22.6. The van der Waals surface area contributed by atoms with Crippen LogP contribution in [0.25, 0.3) is 0 Å². The Morgan fingerprint density at radius 1 is 0.870 bits per heavy atom. The number of aliphatic hydroxyl groups is 1. The maximum absolute atomic E-state index is 9.68. The fraction of sp³-hybridized carbons (Fsp3) is 0.450. The minimum Gasteiger partial charge on any atom is -0.389 e. The molecule has 0 saturated carbocycles. The van der Waals surface area contributed by atoms with Gasteiger partial charge < -0.3 is 5.11 Å². The minimum absolute atomic E-state index is 0.250. The average Bonchev–Trinajstić information content (AvgIpc) is 2.54. The highest BCUT2D eigenvalue weighted by Gasteiger charge is 1.92. The lowest BCUT2D eigenvalue weighted by molar-refractivity contribution is -0.191. The van der Waals surface area contributed by atoms with E-state index in [1.165, 1.54) is 0 Å². The molecule has 0 aromatic carbocycles. The number of carbonyl (C=O) groups excluding carboxylic acids is 2. The molecule has 0 spiro atoms. The normalized spacial score (nSPS) is 13.2. The number of rotatable bonds is 11. The molecular weight excluding hydrogens is 288 g/mol. The number of aliphatic hydroxyl groups excluding tert-OH is 1. The van der Waals surface area contributed by atoms with Gasteiger partial charge in [0.05, 0.1) is 6.10 Å². The molecule has 0 heterocycles. The van der Waals surface area contributed by atoms with E-state index in [2.05, 4.69) is 56.4 Å². The van der Waals surface area contributed by atoms with Crippen molar-refractivity contribution in [2.45, 2.75) is 58.5 Å². The van der Waals surface area contributed by atoms with E-state index in [1.54, 1.807) is 0 Å². The Hall–Kier alpha value is -1.96. The fourth-order valence-corrected chi connectivity index (χ4v) is 1.56. The number of hydrogen-bond donors (Lipinski definition) is 1. The molecular formula is C20H30O3. The zero-order valence-corrected chi connectivity index (χ0v) is 14.4. The van der Waals surface area contributed by atoms with Gasteiger partial charge in [0.1, 0.15) is 0 Å². The summed E-state index contributed by atoms with van der Waals surface area (Å²) in [6.45, 7) is 4.29. The van der Waals surface area contributed by atoms with Crippen molar-refractivity contribution in [3.05, 3.63) is 60.8 Å². The Labute approximate surface area is 140 Å². The van der Waals surface area contributed by atoms with Crippen molar-refractivity contribution in [1.29, 1.82) is 0 Å². The van der Waals surface area contributed by atoms with E-state index in [1.807, 2.05) is 18.2 Å². The van der Waals surface area contributed by atoms with Crippen LogP contribution in [0.15, 0.2) is 60.8 Å². The highest BCUT2D eigenvalue weighted by molar-refractivity contribution is 5.20. The Morgan fingerprint density at radius 2 is 1.48 bits per heavy atom. The van der Waals surface area contributed by atoms with Crippen molar-refractivity contribution in [2.75, 3.05) is 0 Å². The van der Waals surface area contributed by atoms with Gasteiger partial charge in [0, 0.05) is 0 Å². The van der Waals surface area contributed by atoms with Crippen LogP contribution in [0.5, 0.6) is 0 Å². The Morgan fingerprint density at radius 3 is 2.09 bits per heavy atom. The Balaban J connectivity index is 0. The van der Waals surface area contributed by atoms with Gasteiger partial charge in [-0.25, -0.2) is 0 Å². The maximum Gasteiger partial charge on any atom is 0.373 e. The van der Waals surface area contributed by atoms with Crippen LogP contribution in [0.2, 0.25) is 0 Å². The molecule has 0 aromatic heterocycles. The van der Waals surface area contributed by atoms with E-state index in [0.29, 0.717) is 6.42 Å². The Bertz CT molecular complexity index is 409. The highest BCUT2D eigenvalue weighted by atomic mass is 16.3. The van der Waals surface area contributed by atoms with Gasteiger partial charge in [-0.05, 0) is 32.1 Å². The molecule has 0 fully saturated rings. The van der Waals surface area contributed by atoms with Gasteiger partial charge in [0.25, 0.3) is 0 Å². The van der Waals surface area contributed by atoms with Gasteiger partial charge in [0.15, 0.2) is 0 Å². The van der Waals surface area contributed by atoms with E-state index in [0.717, 1.165) is 32.1 Å². The summed E-state index contributed by atoms with van der Waals surface area (Å²) in [5, 5.41) is 9.68. The molecule has 128 valence electrons. The van der Waals surface area contributed by atoms with Crippen LogP contribution in [0.1, 0.15) is 52.4 Å². The van der Waals surface area contributed by atoms with Gasteiger partial charge in [-0.1, -0.05) is 81.0 Å². The first-order valence-electron chi connectivity index (χ1n) is 8.18. The molecule has 3 nitrogen and oxygen atoms in total. The second kappa shape index (κ2) is 22.3. The van der Waals surface area contributed by atoms with Crippen LogP contribution in [-0.2, 0) is 9.59 Å². The third-order valence-corrected chi connectivity index (χ3v) is 2.69. The van der Waals surface area contributed by atoms with Crippen LogP contribution in [-0.4, -0.2) is 17.4 Å². The van der Waals surface area contributed by atoms with Crippen molar-refractivity contribution in [3.8, 4) is 0 Å². The molecule has 1 atom stereocenters. The van der Waals surface area contributed by atoms with E-state index in [9.17, 15) is 5.11 Å². The van der Waals surface area contributed by atoms with E-state index in [-0.39, 0.29) is 12.3 Å². The smallest absolute Gasteiger partial charge is 0.373 e. The average molecular weight is 318 g/mol. The van der Waals surface area contributed by atoms with Crippen molar-refractivity contribution < 1.29 is 14.7 Å². The summed E-state index contributed by atoms with van der Waals surface area (Å²) < 4.78 is 0. The summed E-state index contributed by atoms with van der Waals surface area (Å²) >= 11 is 0. The molecule has 0 aliphatic rings. The van der Waals surface area contributed by atoms with E-state index in [4.69, 9.17) is 9.59 Å². The summed E-state index contributed by atoms with van der Waals surface area (Å²) in [4.78, 5) is 16.2. The van der Waals surface area contributed by atoms with Crippen LogP contribution in [0, 0.1) is 0 Å². The molecule has 0 bridgehead atoms. The number of unbranched alkanes of at least 4 members (excludes halogenated alkanes) is 1. The summed E-state index contributed by atoms with van der Waals surface area (Å²) in [6.07, 6.45) is 26.6. The number of hydrogen-bond acceptors (Lipinski definition) is 3. The van der Waals surface area contributed by atoms with Gasteiger partial charge in [-0.15, -0.1) is 0 Å². The minimum atomic E-state index is -0.373. The molecule has 0 unspecified atom stereocenters. The number of allylic oxidation sites excluding steroid dienone is 8. The molecule has 0 amide bonds. The first-order valence-corrected chi connectivity index (χ1v) is 8.18. The molecule has 0 radical (unpaired) electrons. The second-order valence-electron chi connectivity index (χ2n) is 4.78. The lowest BCUT2D eigenvalue weighted by atomic mass is 10.2. The van der Waals surface area contributed by atoms with Gasteiger partial charge >= 0.3 is 6.15 Å². The van der Waals surface area contributed by atoms with Crippen molar-refractivity contribution in [2.24, 2.45) is 0 Å². The van der Waals surface area contributed by atoms with Crippen molar-refractivity contribution >= 4 is 6.15 Å². The van der Waals surface area contributed by atoms with E-state index < -0.39 is 0 Å². The van der Waals surface area contributed by atoms with Crippen LogP contribution >= 0.6 is 0 Å². The summed E-state index contributed by atoms with van der Waals surface area (Å²) in [5.41, 5.74) is 0. The van der Waals surface area contributed by atoms with Gasteiger partial charge in [-0.2, -0.15) is 9.59 Å². The lowest BCUT2D eigenvalue weighted by Gasteiger charge is -1.98. The highest BCUT2D eigenvalue weighted by Crippen LogP contribution is 1.98. The zero-order chi connectivity index (χ0) is 17.6. The molecule has 0 aliphatic carbocycles. The predicted molar refractivity (Wildman–Crippen MR) is 95.8 cm³/mol. The molecule has 0 saturated heterocycles. The van der Waals surface area contributed by atoms with Crippen LogP contribution < -0.4 is 0 Å². The van der Waals surface area contributed by atoms with Gasteiger partial charge in [-0.3, -0.25) is 0 Å². The third kappa shape index (κ3) is 25.3. The van der Waals surface area contributed by atoms with Crippen molar-refractivity contribution in [3.63, 3.8) is 0 Å². The van der Waals surface area contributed by atoms with Crippen LogP contribution in [0.4, 0.5) is 0 Å².